The lowest BCUT2D eigenvalue weighted by Gasteiger charge is -2.61. The van der Waals surface area contributed by atoms with Gasteiger partial charge in [-0.2, -0.15) is 0 Å². The smallest absolute Gasteiger partial charge is 0.0522 e. The standard InChI is InChI=1S/C12H23ClSi/c1-12(2)8-5-6-9(10(12)7-8)11(13)14(3)4/h8-11,14H,5-7H2,1-4H3/t8-,9-,10-,11-/m0/s1. The third kappa shape index (κ3) is 1.48. The van der Waals surface area contributed by atoms with Crippen LogP contribution in [0.1, 0.15) is 33.1 Å². The van der Waals surface area contributed by atoms with E-state index < -0.39 is 8.80 Å². The van der Waals surface area contributed by atoms with Gasteiger partial charge in [-0.15, -0.1) is 11.6 Å². The lowest BCUT2D eigenvalue weighted by atomic mass is 9.46. The molecule has 0 radical (unpaired) electrons. The minimum atomic E-state index is -0.644. The monoisotopic (exact) mass is 230 g/mol. The minimum absolute atomic E-state index is 0.542. The molecule has 0 aromatic rings. The van der Waals surface area contributed by atoms with Gasteiger partial charge in [-0.05, 0) is 42.4 Å². The highest BCUT2D eigenvalue weighted by molar-refractivity contribution is 6.67. The highest BCUT2D eigenvalue weighted by atomic mass is 35.5. The first-order chi connectivity index (χ1) is 6.44. The Hall–Kier alpha value is 0.507. The second-order valence-corrected chi connectivity index (χ2v) is 10.4. The molecule has 0 unspecified atom stereocenters. The Labute approximate surface area is 95.0 Å². The first-order valence-electron chi connectivity index (χ1n) is 6.08. The molecule has 3 rings (SSSR count). The number of alkyl halides is 1. The molecule has 0 N–H and O–H groups in total. The fraction of sp³-hybridized carbons (Fsp3) is 1.00. The first kappa shape index (κ1) is 11.0. The van der Waals surface area contributed by atoms with Crippen molar-refractivity contribution in [1.82, 2.24) is 0 Å². The van der Waals surface area contributed by atoms with Crippen molar-refractivity contribution in [2.24, 2.45) is 23.2 Å². The van der Waals surface area contributed by atoms with Gasteiger partial charge in [-0.25, -0.2) is 0 Å². The Bertz CT molecular complexity index is 222. The second-order valence-electron chi connectivity index (χ2n) is 6.29. The average molecular weight is 231 g/mol. The SMILES string of the molecule is C[SiH](C)[C@H](Cl)[C@H]1CC[C@H]2C[C@@H]1C2(C)C. The quantitative estimate of drug-likeness (QED) is 0.502. The lowest BCUT2D eigenvalue weighted by Crippen LogP contribution is -2.55. The molecule has 0 spiro atoms. The zero-order valence-corrected chi connectivity index (χ0v) is 11.8. The van der Waals surface area contributed by atoms with E-state index in [1.54, 1.807) is 0 Å². The molecule has 2 heteroatoms. The molecule has 82 valence electrons. The molecule has 0 aliphatic heterocycles. The molecular weight excluding hydrogens is 208 g/mol. The molecule has 14 heavy (non-hydrogen) atoms. The van der Waals surface area contributed by atoms with Gasteiger partial charge >= 0.3 is 0 Å². The Morgan fingerprint density at radius 2 is 1.93 bits per heavy atom. The molecule has 0 saturated heterocycles. The number of hydrogen-bond acceptors (Lipinski definition) is 0. The van der Waals surface area contributed by atoms with Crippen molar-refractivity contribution in [3.63, 3.8) is 0 Å². The van der Waals surface area contributed by atoms with Crippen molar-refractivity contribution in [3.8, 4) is 0 Å². The Morgan fingerprint density at radius 1 is 1.29 bits per heavy atom. The number of hydrogen-bond donors (Lipinski definition) is 0. The van der Waals surface area contributed by atoms with Crippen LogP contribution in [-0.4, -0.2) is 13.8 Å². The van der Waals surface area contributed by atoms with E-state index in [0.717, 1.165) is 17.8 Å². The maximum absolute atomic E-state index is 6.60. The van der Waals surface area contributed by atoms with Gasteiger partial charge in [0.2, 0.25) is 0 Å². The Balaban J connectivity index is 2.07. The van der Waals surface area contributed by atoms with Crippen molar-refractivity contribution in [3.05, 3.63) is 0 Å². The van der Waals surface area contributed by atoms with Crippen LogP contribution in [0.2, 0.25) is 13.1 Å². The summed E-state index contributed by atoms with van der Waals surface area (Å²) >= 11 is 6.60. The van der Waals surface area contributed by atoms with Crippen molar-refractivity contribution < 1.29 is 0 Å². The third-order valence-corrected chi connectivity index (χ3v) is 8.56. The van der Waals surface area contributed by atoms with Gasteiger partial charge in [0, 0.05) is 5.00 Å². The van der Waals surface area contributed by atoms with Crippen molar-refractivity contribution >= 4 is 20.4 Å². The summed E-state index contributed by atoms with van der Waals surface area (Å²) in [6.45, 7) is 9.72. The molecular formula is C12H23ClSi. The predicted octanol–water partition coefficient (Wildman–Crippen LogP) is 3.69. The summed E-state index contributed by atoms with van der Waals surface area (Å²) in [5.41, 5.74) is 0.610. The van der Waals surface area contributed by atoms with Crippen LogP contribution >= 0.6 is 11.6 Å². The van der Waals surface area contributed by atoms with E-state index in [1.807, 2.05) is 0 Å². The van der Waals surface area contributed by atoms with E-state index in [1.165, 1.54) is 19.3 Å². The summed E-state index contributed by atoms with van der Waals surface area (Å²) < 4.78 is 0. The Kier molecular flexibility index (Phi) is 2.77. The second kappa shape index (κ2) is 3.52. The van der Waals surface area contributed by atoms with Crippen LogP contribution in [0.25, 0.3) is 0 Å². The van der Waals surface area contributed by atoms with Crippen LogP contribution in [0.15, 0.2) is 0 Å². The fourth-order valence-corrected chi connectivity index (χ4v) is 5.49. The van der Waals surface area contributed by atoms with Crippen molar-refractivity contribution in [2.45, 2.75) is 51.2 Å². The van der Waals surface area contributed by atoms with E-state index in [4.69, 9.17) is 11.6 Å². The van der Waals surface area contributed by atoms with Crippen LogP contribution in [-0.2, 0) is 0 Å². The van der Waals surface area contributed by atoms with Crippen LogP contribution < -0.4 is 0 Å². The largest absolute Gasteiger partial charge is 0.127 e. The van der Waals surface area contributed by atoms with E-state index in [0.29, 0.717) is 10.4 Å². The van der Waals surface area contributed by atoms with Gasteiger partial charge in [0.05, 0.1) is 8.80 Å². The molecule has 0 heterocycles. The fourth-order valence-electron chi connectivity index (χ4n) is 3.74. The normalized spacial score (nSPS) is 42.0. The van der Waals surface area contributed by atoms with Gasteiger partial charge in [0.25, 0.3) is 0 Å². The first-order valence-corrected chi connectivity index (χ1v) is 9.50. The third-order valence-electron chi connectivity index (χ3n) is 4.96. The molecule has 2 bridgehead atoms. The minimum Gasteiger partial charge on any atom is -0.127 e. The highest BCUT2D eigenvalue weighted by Gasteiger charge is 2.55. The van der Waals surface area contributed by atoms with E-state index in [-0.39, 0.29) is 0 Å². The van der Waals surface area contributed by atoms with Gasteiger partial charge in [0.15, 0.2) is 0 Å². The molecule has 0 amide bonds. The zero-order chi connectivity index (χ0) is 10.5. The van der Waals surface area contributed by atoms with Gasteiger partial charge in [0.1, 0.15) is 0 Å². The zero-order valence-electron chi connectivity index (χ0n) is 9.89. The molecule has 0 nitrogen and oxygen atoms in total. The highest BCUT2D eigenvalue weighted by Crippen LogP contribution is 2.62. The summed E-state index contributed by atoms with van der Waals surface area (Å²) in [4.78, 5) is 0. The van der Waals surface area contributed by atoms with E-state index >= 15 is 0 Å². The predicted molar refractivity (Wildman–Crippen MR) is 66.6 cm³/mol. The maximum Gasteiger partial charge on any atom is 0.0522 e. The van der Waals surface area contributed by atoms with Crippen molar-refractivity contribution in [2.75, 3.05) is 0 Å². The summed E-state index contributed by atoms with van der Waals surface area (Å²) in [6.07, 6.45) is 4.33. The van der Waals surface area contributed by atoms with Crippen LogP contribution in [0.5, 0.6) is 0 Å². The van der Waals surface area contributed by atoms with Crippen LogP contribution in [0, 0.1) is 23.2 Å². The molecule has 3 aliphatic rings. The van der Waals surface area contributed by atoms with E-state index in [9.17, 15) is 0 Å². The lowest BCUT2D eigenvalue weighted by molar-refractivity contribution is -0.101. The maximum atomic E-state index is 6.60. The van der Waals surface area contributed by atoms with Gasteiger partial charge < -0.3 is 0 Å². The summed E-state index contributed by atoms with van der Waals surface area (Å²) in [5, 5.41) is 0.542. The number of fused-ring (bicyclic) bond motifs is 2. The molecule has 3 saturated carbocycles. The van der Waals surface area contributed by atoms with Gasteiger partial charge in [-0.3, -0.25) is 0 Å². The van der Waals surface area contributed by atoms with Crippen LogP contribution in [0.4, 0.5) is 0 Å². The number of halogens is 1. The topological polar surface area (TPSA) is 0 Å². The van der Waals surface area contributed by atoms with Crippen LogP contribution in [0.3, 0.4) is 0 Å². The van der Waals surface area contributed by atoms with Gasteiger partial charge in [-0.1, -0.05) is 26.9 Å². The van der Waals surface area contributed by atoms with Crippen molar-refractivity contribution in [1.29, 1.82) is 0 Å². The van der Waals surface area contributed by atoms with E-state index in [2.05, 4.69) is 26.9 Å². The summed E-state index contributed by atoms with van der Waals surface area (Å²) in [5.74, 6) is 2.81. The molecule has 3 aliphatic carbocycles. The average Bonchev–Trinajstić information content (AvgIpc) is 2.16. The molecule has 0 aromatic heterocycles. The molecule has 3 fully saturated rings. The number of rotatable bonds is 2. The summed E-state index contributed by atoms with van der Waals surface area (Å²) in [7, 11) is -0.644. The molecule has 0 aromatic carbocycles. The molecule has 4 atom stereocenters. The summed E-state index contributed by atoms with van der Waals surface area (Å²) in [6, 6.07) is 0. The Morgan fingerprint density at radius 3 is 2.36 bits per heavy atom.